The Morgan fingerprint density at radius 2 is 2.00 bits per heavy atom. The van der Waals surface area contributed by atoms with Crippen molar-refractivity contribution >= 4 is 23.6 Å². The fourth-order valence-corrected chi connectivity index (χ4v) is 4.89. The van der Waals surface area contributed by atoms with E-state index in [2.05, 4.69) is 20.7 Å². The van der Waals surface area contributed by atoms with Crippen LogP contribution in [0.15, 0.2) is 30.6 Å². The molecule has 0 bridgehead atoms. The van der Waals surface area contributed by atoms with Crippen LogP contribution in [-0.2, 0) is 29.2 Å². The Bertz CT molecular complexity index is 1410. The van der Waals surface area contributed by atoms with Crippen LogP contribution in [-0.4, -0.2) is 70.8 Å². The summed E-state index contributed by atoms with van der Waals surface area (Å²) in [5.74, 6) is -1.25. The second-order valence-electron chi connectivity index (χ2n) is 9.01. The van der Waals surface area contributed by atoms with Gasteiger partial charge in [-0.15, -0.1) is 5.10 Å². The van der Waals surface area contributed by atoms with Crippen LogP contribution in [0.2, 0.25) is 0 Å². The first kappa shape index (κ1) is 21.2. The van der Waals surface area contributed by atoms with E-state index < -0.39 is 11.9 Å². The van der Waals surface area contributed by atoms with E-state index in [-0.39, 0.29) is 29.8 Å². The molecule has 178 valence electrons. The standard InChI is InChI=1S/C23H22N8O4/c1-13-9-24-30-7-6-28(12-19(13)30)23(35)17-11-31(27-26-17)15-3-2-14-10-29(22(34)16(14)8-15)18-4-5-20(32)25-21(18)33/h2-3,8-9,11,18H,4-7,10,12H2,1H3,(H,25,32,33). The lowest BCUT2D eigenvalue weighted by atomic mass is 10.0. The number of piperidine rings is 1. The molecule has 12 heteroatoms. The van der Waals surface area contributed by atoms with Crippen LogP contribution < -0.4 is 5.32 Å². The number of carbonyl (C=O) groups is 4. The van der Waals surface area contributed by atoms with E-state index in [0.29, 0.717) is 43.9 Å². The van der Waals surface area contributed by atoms with Crippen molar-refractivity contribution in [1.29, 1.82) is 0 Å². The summed E-state index contributed by atoms with van der Waals surface area (Å²) in [4.78, 5) is 53.1. The third kappa shape index (κ3) is 3.49. The molecule has 1 saturated heterocycles. The molecule has 12 nitrogen and oxygen atoms in total. The lowest BCUT2D eigenvalue weighted by molar-refractivity contribution is -0.136. The van der Waals surface area contributed by atoms with Gasteiger partial charge < -0.3 is 9.80 Å². The molecule has 3 aromatic rings. The number of nitrogens with zero attached hydrogens (tertiary/aromatic N) is 7. The van der Waals surface area contributed by atoms with Gasteiger partial charge >= 0.3 is 0 Å². The summed E-state index contributed by atoms with van der Waals surface area (Å²) in [6.07, 6.45) is 3.87. The number of hydrogen-bond donors (Lipinski definition) is 1. The first-order chi connectivity index (χ1) is 16.9. The largest absolute Gasteiger partial charge is 0.329 e. The fourth-order valence-electron chi connectivity index (χ4n) is 4.89. The van der Waals surface area contributed by atoms with Gasteiger partial charge in [-0.3, -0.25) is 29.2 Å². The van der Waals surface area contributed by atoms with Crippen molar-refractivity contribution in [2.45, 2.75) is 45.4 Å². The first-order valence-electron chi connectivity index (χ1n) is 11.4. The van der Waals surface area contributed by atoms with Crippen molar-refractivity contribution in [3.05, 3.63) is 58.7 Å². The zero-order valence-electron chi connectivity index (χ0n) is 19.0. The van der Waals surface area contributed by atoms with Gasteiger partial charge in [0.2, 0.25) is 11.8 Å². The van der Waals surface area contributed by atoms with Gasteiger partial charge in [-0.05, 0) is 36.6 Å². The number of imide groups is 1. The van der Waals surface area contributed by atoms with E-state index >= 15 is 0 Å². The van der Waals surface area contributed by atoms with Crippen LogP contribution in [0, 0.1) is 6.92 Å². The van der Waals surface area contributed by atoms with Crippen molar-refractivity contribution in [2.75, 3.05) is 6.54 Å². The number of benzene rings is 1. The number of rotatable bonds is 3. The summed E-state index contributed by atoms with van der Waals surface area (Å²) in [5, 5.41) is 14.8. The van der Waals surface area contributed by atoms with E-state index in [9.17, 15) is 19.2 Å². The monoisotopic (exact) mass is 474 g/mol. The van der Waals surface area contributed by atoms with Crippen LogP contribution in [0.3, 0.4) is 0 Å². The Balaban J connectivity index is 1.20. The maximum Gasteiger partial charge on any atom is 0.276 e. The van der Waals surface area contributed by atoms with Crippen LogP contribution in [0.1, 0.15) is 50.5 Å². The van der Waals surface area contributed by atoms with E-state index in [4.69, 9.17) is 0 Å². The Labute approximate surface area is 199 Å². The van der Waals surface area contributed by atoms with Gasteiger partial charge in [-0.2, -0.15) is 5.10 Å². The number of nitrogens with one attached hydrogen (secondary N) is 1. The molecule has 3 aliphatic heterocycles. The molecular weight excluding hydrogens is 452 g/mol. The molecule has 4 amide bonds. The second-order valence-corrected chi connectivity index (χ2v) is 9.01. The number of aromatic nitrogens is 5. The van der Waals surface area contributed by atoms with E-state index in [1.54, 1.807) is 29.4 Å². The van der Waals surface area contributed by atoms with Gasteiger partial charge in [0.1, 0.15) is 6.04 Å². The van der Waals surface area contributed by atoms with Crippen LogP contribution in [0.4, 0.5) is 0 Å². The zero-order chi connectivity index (χ0) is 24.3. The van der Waals surface area contributed by atoms with Gasteiger partial charge in [0.15, 0.2) is 5.69 Å². The van der Waals surface area contributed by atoms with Crippen molar-refractivity contribution in [2.24, 2.45) is 0 Å². The molecule has 1 atom stereocenters. The summed E-state index contributed by atoms with van der Waals surface area (Å²) < 4.78 is 3.38. The molecular formula is C23H22N8O4. The highest BCUT2D eigenvalue weighted by Crippen LogP contribution is 2.29. The summed E-state index contributed by atoms with van der Waals surface area (Å²) in [6.45, 7) is 3.89. The highest BCUT2D eigenvalue weighted by molar-refractivity contribution is 6.05. The molecule has 3 aliphatic rings. The Morgan fingerprint density at radius 1 is 1.14 bits per heavy atom. The zero-order valence-corrected chi connectivity index (χ0v) is 19.0. The van der Waals surface area contributed by atoms with Crippen molar-refractivity contribution < 1.29 is 19.2 Å². The molecule has 0 aliphatic carbocycles. The van der Waals surface area contributed by atoms with E-state index in [1.807, 2.05) is 17.7 Å². The predicted molar refractivity (Wildman–Crippen MR) is 119 cm³/mol. The molecule has 1 fully saturated rings. The normalized spacial score (nSPS) is 19.6. The predicted octanol–water partition coefficient (Wildman–Crippen LogP) is 0.189. The fraction of sp³-hybridized carbons (Fsp3) is 0.348. The van der Waals surface area contributed by atoms with Crippen LogP contribution >= 0.6 is 0 Å². The van der Waals surface area contributed by atoms with Crippen molar-refractivity contribution in [1.82, 2.24) is 39.9 Å². The lowest BCUT2D eigenvalue weighted by Crippen LogP contribution is -2.52. The summed E-state index contributed by atoms with van der Waals surface area (Å²) in [6, 6.07) is 4.63. The molecule has 6 rings (SSSR count). The van der Waals surface area contributed by atoms with Crippen molar-refractivity contribution in [3.8, 4) is 5.69 Å². The van der Waals surface area contributed by atoms with Gasteiger partial charge in [0.05, 0.1) is 36.9 Å². The first-order valence-corrected chi connectivity index (χ1v) is 11.4. The lowest BCUT2D eigenvalue weighted by Gasteiger charge is -2.29. The number of amides is 4. The molecule has 2 aromatic heterocycles. The smallest absolute Gasteiger partial charge is 0.276 e. The minimum Gasteiger partial charge on any atom is -0.329 e. The number of hydrogen-bond acceptors (Lipinski definition) is 7. The Hall–Kier alpha value is -4.35. The maximum atomic E-state index is 13.1. The summed E-state index contributed by atoms with van der Waals surface area (Å²) in [5.41, 5.74) is 4.11. The second kappa shape index (κ2) is 7.86. The molecule has 0 radical (unpaired) electrons. The van der Waals surface area contributed by atoms with Gasteiger partial charge in [0.25, 0.3) is 11.8 Å². The Kier molecular flexibility index (Phi) is 4.76. The SMILES string of the molecule is Cc1cnn2c1CN(C(=O)c1cn(-c3ccc4c(c3)C(=O)N(C3CCC(=O)NC3=O)C4)nn1)CC2. The summed E-state index contributed by atoms with van der Waals surface area (Å²) in [7, 11) is 0. The molecule has 5 heterocycles. The molecule has 35 heavy (non-hydrogen) atoms. The van der Waals surface area contributed by atoms with Crippen LogP contribution in [0.5, 0.6) is 0 Å². The molecule has 1 unspecified atom stereocenters. The third-order valence-electron chi connectivity index (χ3n) is 6.86. The highest BCUT2D eigenvalue weighted by atomic mass is 16.2. The van der Waals surface area contributed by atoms with Gasteiger partial charge in [-0.1, -0.05) is 11.3 Å². The number of fused-ring (bicyclic) bond motifs is 2. The molecule has 0 saturated carbocycles. The topological polar surface area (TPSA) is 135 Å². The minimum absolute atomic E-state index is 0.205. The average Bonchev–Trinajstić information content (AvgIpc) is 3.57. The summed E-state index contributed by atoms with van der Waals surface area (Å²) >= 11 is 0. The molecule has 0 spiro atoms. The molecule has 1 aromatic carbocycles. The maximum absolute atomic E-state index is 13.1. The van der Waals surface area contributed by atoms with E-state index in [1.165, 1.54) is 9.58 Å². The minimum atomic E-state index is -0.670. The number of aryl methyl sites for hydroxylation is 1. The van der Waals surface area contributed by atoms with Crippen molar-refractivity contribution in [3.63, 3.8) is 0 Å². The van der Waals surface area contributed by atoms with E-state index in [0.717, 1.165) is 16.8 Å². The third-order valence-corrected chi connectivity index (χ3v) is 6.86. The van der Waals surface area contributed by atoms with Gasteiger partial charge in [-0.25, -0.2) is 4.68 Å². The Morgan fingerprint density at radius 3 is 2.83 bits per heavy atom. The average molecular weight is 474 g/mol. The quantitative estimate of drug-likeness (QED) is 0.535. The van der Waals surface area contributed by atoms with Crippen LogP contribution in [0.25, 0.3) is 5.69 Å². The highest BCUT2D eigenvalue weighted by Gasteiger charge is 2.39. The molecule has 1 N–H and O–H groups in total. The number of carbonyl (C=O) groups excluding carboxylic acids is 4. The van der Waals surface area contributed by atoms with Gasteiger partial charge in [0, 0.05) is 25.1 Å².